The average Bonchev–Trinajstić information content (AvgIpc) is 2.76. The van der Waals surface area contributed by atoms with Crippen LogP contribution in [0.3, 0.4) is 0 Å². The predicted molar refractivity (Wildman–Crippen MR) is 111 cm³/mol. The van der Waals surface area contributed by atoms with Gasteiger partial charge in [0.05, 0.1) is 11.3 Å². The zero-order valence-corrected chi connectivity index (χ0v) is 16.2. The van der Waals surface area contributed by atoms with E-state index in [1.165, 1.54) is 6.07 Å². The molecule has 1 aromatic heterocycles. The highest BCUT2D eigenvalue weighted by atomic mass is 19.1. The van der Waals surface area contributed by atoms with E-state index in [1.54, 1.807) is 29.4 Å². The van der Waals surface area contributed by atoms with Crippen LogP contribution in [0.2, 0.25) is 0 Å². The zero-order chi connectivity index (χ0) is 20.2. The molecule has 29 heavy (non-hydrogen) atoms. The molecule has 2 aromatic carbocycles. The standard InChI is InChI=1S/C22H22FN5O/c1-16-6-2-4-8-19(16)26-22-24-14-17(15-25-22)21(29)28-12-10-27(11-13-28)20-9-5-3-7-18(20)23/h2-9,14-15H,10-13H2,1H3,(H,24,25,26). The number of carbonyl (C=O) groups excluding carboxylic acids is 1. The van der Waals surface area contributed by atoms with Gasteiger partial charge in [0.15, 0.2) is 0 Å². The van der Waals surface area contributed by atoms with Gasteiger partial charge in [0, 0.05) is 44.3 Å². The molecule has 4 rings (SSSR count). The molecular weight excluding hydrogens is 369 g/mol. The van der Waals surface area contributed by atoms with Crippen molar-refractivity contribution >= 4 is 23.2 Å². The van der Waals surface area contributed by atoms with Crippen LogP contribution in [0.15, 0.2) is 60.9 Å². The maximum Gasteiger partial charge on any atom is 0.257 e. The van der Waals surface area contributed by atoms with E-state index >= 15 is 0 Å². The summed E-state index contributed by atoms with van der Waals surface area (Å²) in [4.78, 5) is 25.0. The third-order valence-electron chi connectivity index (χ3n) is 5.05. The Morgan fingerprint density at radius 1 is 0.966 bits per heavy atom. The molecule has 0 unspecified atom stereocenters. The Hall–Kier alpha value is -3.48. The van der Waals surface area contributed by atoms with Crippen molar-refractivity contribution in [3.8, 4) is 0 Å². The van der Waals surface area contributed by atoms with Crippen molar-refractivity contribution in [3.05, 3.63) is 77.9 Å². The molecule has 6 nitrogen and oxygen atoms in total. The fraction of sp³-hybridized carbons (Fsp3) is 0.227. The first-order valence-corrected chi connectivity index (χ1v) is 9.55. The van der Waals surface area contributed by atoms with Crippen LogP contribution in [0.25, 0.3) is 0 Å². The molecule has 0 saturated carbocycles. The highest BCUT2D eigenvalue weighted by Gasteiger charge is 2.24. The van der Waals surface area contributed by atoms with E-state index in [9.17, 15) is 9.18 Å². The smallest absolute Gasteiger partial charge is 0.257 e. The highest BCUT2D eigenvalue weighted by molar-refractivity contribution is 5.94. The molecule has 0 aliphatic carbocycles. The van der Waals surface area contributed by atoms with Gasteiger partial charge < -0.3 is 15.1 Å². The number of rotatable bonds is 4. The van der Waals surface area contributed by atoms with Crippen LogP contribution in [0, 0.1) is 12.7 Å². The van der Waals surface area contributed by atoms with Crippen LogP contribution in [0.1, 0.15) is 15.9 Å². The van der Waals surface area contributed by atoms with E-state index in [0.717, 1.165) is 11.3 Å². The lowest BCUT2D eigenvalue weighted by atomic mass is 10.2. The zero-order valence-electron chi connectivity index (χ0n) is 16.2. The Morgan fingerprint density at radius 3 is 2.31 bits per heavy atom. The largest absolute Gasteiger partial charge is 0.366 e. The van der Waals surface area contributed by atoms with E-state index in [2.05, 4.69) is 15.3 Å². The number of hydrogen-bond donors (Lipinski definition) is 1. The lowest BCUT2D eigenvalue weighted by Gasteiger charge is -2.36. The van der Waals surface area contributed by atoms with Crippen LogP contribution in [0.4, 0.5) is 21.7 Å². The Bertz CT molecular complexity index is 1000. The number of halogens is 1. The maximum atomic E-state index is 14.0. The Morgan fingerprint density at radius 2 is 1.62 bits per heavy atom. The molecule has 0 spiro atoms. The minimum absolute atomic E-state index is 0.111. The number of piperazine rings is 1. The molecule has 0 bridgehead atoms. The molecule has 7 heteroatoms. The van der Waals surface area contributed by atoms with Gasteiger partial charge in [0.1, 0.15) is 5.82 Å². The number of nitrogens with zero attached hydrogens (tertiary/aromatic N) is 4. The van der Waals surface area contributed by atoms with Gasteiger partial charge in [-0.1, -0.05) is 30.3 Å². The molecule has 1 saturated heterocycles. The lowest BCUT2D eigenvalue weighted by Crippen LogP contribution is -2.49. The summed E-state index contributed by atoms with van der Waals surface area (Å²) in [6.45, 7) is 4.22. The van der Waals surface area contributed by atoms with Gasteiger partial charge in [0.25, 0.3) is 5.91 Å². The second-order valence-electron chi connectivity index (χ2n) is 6.97. The summed E-state index contributed by atoms with van der Waals surface area (Å²) in [6.07, 6.45) is 3.08. The van der Waals surface area contributed by atoms with Gasteiger partial charge in [-0.05, 0) is 30.7 Å². The summed E-state index contributed by atoms with van der Waals surface area (Å²) in [5.74, 6) is 0.0956. The number of benzene rings is 2. The first kappa shape index (κ1) is 18.9. The van der Waals surface area contributed by atoms with Crippen molar-refractivity contribution in [3.63, 3.8) is 0 Å². The molecule has 3 aromatic rings. The van der Waals surface area contributed by atoms with E-state index in [4.69, 9.17) is 0 Å². The van der Waals surface area contributed by atoms with Gasteiger partial charge >= 0.3 is 0 Å². The maximum absolute atomic E-state index is 14.0. The van der Waals surface area contributed by atoms with E-state index in [0.29, 0.717) is 43.4 Å². The molecule has 0 atom stereocenters. The third kappa shape index (κ3) is 4.18. The number of hydrogen-bond acceptors (Lipinski definition) is 5. The number of amides is 1. The summed E-state index contributed by atoms with van der Waals surface area (Å²) >= 11 is 0. The van der Waals surface area contributed by atoms with Crippen molar-refractivity contribution in [1.82, 2.24) is 14.9 Å². The summed E-state index contributed by atoms with van der Waals surface area (Å²) in [5, 5.41) is 3.16. The molecule has 2 heterocycles. The summed E-state index contributed by atoms with van der Waals surface area (Å²) in [5.41, 5.74) is 3.04. The second kappa shape index (κ2) is 8.26. The molecule has 1 N–H and O–H groups in total. The van der Waals surface area contributed by atoms with E-state index in [-0.39, 0.29) is 11.7 Å². The molecule has 1 fully saturated rings. The SMILES string of the molecule is Cc1ccccc1Nc1ncc(C(=O)N2CCN(c3ccccc3F)CC2)cn1. The Labute approximate surface area is 169 Å². The minimum Gasteiger partial charge on any atom is -0.366 e. The minimum atomic E-state index is -0.239. The molecule has 0 radical (unpaired) electrons. The van der Waals surface area contributed by atoms with Gasteiger partial charge in [-0.15, -0.1) is 0 Å². The normalized spacial score (nSPS) is 14.0. The van der Waals surface area contributed by atoms with Crippen LogP contribution in [-0.4, -0.2) is 47.0 Å². The summed E-state index contributed by atoms with van der Waals surface area (Å²) in [6, 6.07) is 14.6. The average molecular weight is 391 g/mol. The van der Waals surface area contributed by atoms with Gasteiger partial charge in [-0.2, -0.15) is 0 Å². The van der Waals surface area contributed by atoms with Crippen LogP contribution in [-0.2, 0) is 0 Å². The van der Waals surface area contributed by atoms with Gasteiger partial charge in [-0.3, -0.25) is 4.79 Å². The molecular formula is C22H22FN5O. The third-order valence-corrected chi connectivity index (χ3v) is 5.05. The van der Waals surface area contributed by atoms with Crippen LogP contribution < -0.4 is 10.2 Å². The molecule has 148 valence electrons. The number of anilines is 3. The predicted octanol–water partition coefficient (Wildman–Crippen LogP) is 3.63. The van der Waals surface area contributed by atoms with Crippen LogP contribution in [0.5, 0.6) is 0 Å². The highest BCUT2D eigenvalue weighted by Crippen LogP contribution is 2.21. The second-order valence-corrected chi connectivity index (χ2v) is 6.97. The van der Waals surface area contributed by atoms with E-state index < -0.39 is 0 Å². The number of para-hydroxylation sites is 2. The van der Waals surface area contributed by atoms with Gasteiger partial charge in [-0.25, -0.2) is 14.4 Å². The molecule has 1 amide bonds. The first-order chi connectivity index (χ1) is 14.1. The number of carbonyl (C=O) groups is 1. The quantitative estimate of drug-likeness (QED) is 0.736. The Balaban J connectivity index is 1.38. The molecule has 1 aliphatic rings. The Kier molecular flexibility index (Phi) is 5.37. The van der Waals surface area contributed by atoms with Crippen molar-refractivity contribution in [1.29, 1.82) is 0 Å². The topological polar surface area (TPSA) is 61.4 Å². The first-order valence-electron chi connectivity index (χ1n) is 9.55. The van der Waals surface area contributed by atoms with Crippen molar-refractivity contribution in [2.24, 2.45) is 0 Å². The van der Waals surface area contributed by atoms with Crippen molar-refractivity contribution < 1.29 is 9.18 Å². The summed E-state index contributed by atoms with van der Waals surface area (Å²) in [7, 11) is 0. The van der Waals surface area contributed by atoms with Crippen LogP contribution >= 0.6 is 0 Å². The van der Waals surface area contributed by atoms with Crippen molar-refractivity contribution in [2.75, 3.05) is 36.4 Å². The van der Waals surface area contributed by atoms with E-state index in [1.807, 2.05) is 42.2 Å². The number of nitrogens with one attached hydrogen (secondary N) is 1. The number of aryl methyl sites for hydroxylation is 1. The lowest BCUT2D eigenvalue weighted by molar-refractivity contribution is 0.0746. The fourth-order valence-corrected chi connectivity index (χ4v) is 3.38. The number of aromatic nitrogens is 2. The van der Waals surface area contributed by atoms with Gasteiger partial charge in [0.2, 0.25) is 5.95 Å². The fourth-order valence-electron chi connectivity index (χ4n) is 3.38. The molecule has 1 aliphatic heterocycles. The van der Waals surface area contributed by atoms with Crippen molar-refractivity contribution in [2.45, 2.75) is 6.92 Å². The monoisotopic (exact) mass is 391 g/mol. The summed E-state index contributed by atoms with van der Waals surface area (Å²) < 4.78 is 14.0.